The van der Waals surface area contributed by atoms with E-state index in [-0.39, 0.29) is 12.3 Å². The number of aromatic nitrogens is 2. The quantitative estimate of drug-likeness (QED) is 0.618. The van der Waals surface area contributed by atoms with Crippen LogP contribution in [0.2, 0.25) is 0 Å². The van der Waals surface area contributed by atoms with Gasteiger partial charge in [0.25, 0.3) is 5.91 Å². The van der Waals surface area contributed by atoms with Crippen molar-refractivity contribution in [2.75, 3.05) is 19.3 Å². The van der Waals surface area contributed by atoms with Crippen molar-refractivity contribution < 1.29 is 9.90 Å². The van der Waals surface area contributed by atoms with E-state index >= 15 is 0 Å². The molecule has 0 aliphatic carbocycles. The number of rotatable bonds is 1. The molecule has 0 unspecified atom stereocenters. The molecule has 1 amide bonds. The Hall–Kier alpha value is -3.94. The van der Waals surface area contributed by atoms with Crippen LogP contribution < -0.4 is 5.73 Å². The average Bonchev–Trinajstić information content (AvgIpc) is 3.00. The number of nitrogens with zero attached hydrogens (tertiary/aromatic N) is 4. The first-order valence-electron chi connectivity index (χ1n) is 8.97. The number of likely N-dealkylation sites (N-methyl/N-ethyl adjacent to an activating group) is 1. The molecule has 2 heterocycles. The number of hydrogen-bond donors (Lipinski definition) is 2. The zero-order valence-corrected chi connectivity index (χ0v) is 15.7. The number of likely N-dealkylation sites (tertiary alicyclic amines) is 1. The van der Waals surface area contributed by atoms with Crippen molar-refractivity contribution in [1.29, 1.82) is 5.26 Å². The Morgan fingerprint density at radius 2 is 2.07 bits per heavy atom. The van der Waals surface area contributed by atoms with Crippen LogP contribution in [0.25, 0.3) is 22.0 Å². The monoisotopic (exact) mass is 383 g/mol. The highest BCUT2D eigenvalue weighted by atomic mass is 16.3. The summed E-state index contributed by atoms with van der Waals surface area (Å²) < 4.78 is 0. The predicted octanol–water partition coefficient (Wildman–Crippen LogP) is 1.70. The Labute approximate surface area is 167 Å². The van der Waals surface area contributed by atoms with Gasteiger partial charge in [-0.1, -0.05) is 24.0 Å². The second-order valence-corrected chi connectivity index (χ2v) is 6.96. The van der Waals surface area contributed by atoms with Crippen molar-refractivity contribution in [3.05, 3.63) is 53.9 Å². The second kappa shape index (κ2) is 6.90. The number of hydrogen-bond acceptors (Lipinski definition) is 6. The Bertz CT molecular complexity index is 1250. The highest BCUT2D eigenvalue weighted by molar-refractivity contribution is 5.95. The largest absolute Gasteiger partial charge is 0.383 e. The Morgan fingerprint density at radius 1 is 1.24 bits per heavy atom. The summed E-state index contributed by atoms with van der Waals surface area (Å²) in [6, 6.07) is 13.1. The van der Waals surface area contributed by atoms with Gasteiger partial charge in [0.05, 0.1) is 11.1 Å². The Balaban J connectivity index is 1.76. The number of carbonyl (C=O) groups excluding carboxylic acids is 1. The van der Waals surface area contributed by atoms with Gasteiger partial charge in [-0.15, -0.1) is 0 Å². The maximum Gasteiger partial charge on any atom is 0.267 e. The summed E-state index contributed by atoms with van der Waals surface area (Å²) in [4.78, 5) is 21.7. The number of anilines is 1. The molecule has 1 aromatic heterocycles. The van der Waals surface area contributed by atoms with E-state index in [9.17, 15) is 15.2 Å². The molecule has 0 spiro atoms. The van der Waals surface area contributed by atoms with Crippen LogP contribution in [-0.4, -0.2) is 45.1 Å². The zero-order valence-electron chi connectivity index (χ0n) is 15.7. The summed E-state index contributed by atoms with van der Waals surface area (Å²) in [6.07, 6.45) is 1.62. The van der Waals surface area contributed by atoms with Crippen LogP contribution in [0, 0.1) is 23.2 Å². The van der Waals surface area contributed by atoms with Crippen LogP contribution in [0.1, 0.15) is 17.5 Å². The molecule has 2 aromatic carbocycles. The van der Waals surface area contributed by atoms with Crippen LogP contribution in [0.3, 0.4) is 0 Å². The van der Waals surface area contributed by atoms with Gasteiger partial charge in [-0.3, -0.25) is 4.79 Å². The fourth-order valence-corrected chi connectivity index (χ4v) is 3.36. The lowest BCUT2D eigenvalue weighted by Crippen LogP contribution is -2.37. The Kier molecular flexibility index (Phi) is 4.38. The standard InChI is InChI=1S/C22H17N5O2/c1-27-8-7-22(29,21(27)28)6-5-14-3-2-4-15(9-14)16-10-17(12-23)19-18(11-16)20(24)26-13-25-19/h2-4,9-11,13,29H,7-8H2,1H3,(H2,24,25,26)/t22-/m0/s1. The number of amides is 1. The number of benzene rings is 2. The van der Waals surface area contributed by atoms with Gasteiger partial charge in [-0.05, 0) is 35.4 Å². The minimum Gasteiger partial charge on any atom is -0.383 e. The van der Waals surface area contributed by atoms with E-state index in [4.69, 9.17) is 5.73 Å². The van der Waals surface area contributed by atoms with Crippen molar-refractivity contribution in [2.45, 2.75) is 12.0 Å². The topological polar surface area (TPSA) is 116 Å². The molecular weight excluding hydrogens is 366 g/mol. The summed E-state index contributed by atoms with van der Waals surface area (Å²) in [7, 11) is 1.64. The first-order valence-corrected chi connectivity index (χ1v) is 8.97. The molecule has 3 aromatic rings. The van der Waals surface area contributed by atoms with Crippen LogP contribution in [0.15, 0.2) is 42.7 Å². The van der Waals surface area contributed by atoms with Gasteiger partial charge in [0.15, 0.2) is 0 Å². The summed E-state index contributed by atoms with van der Waals surface area (Å²) in [5.74, 6) is 5.54. The number of nitrogens with two attached hydrogens (primary N) is 1. The number of fused-ring (bicyclic) bond motifs is 1. The molecule has 142 valence electrons. The van der Waals surface area contributed by atoms with Gasteiger partial charge >= 0.3 is 0 Å². The van der Waals surface area contributed by atoms with Crippen molar-refractivity contribution >= 4 is 22.6 Å². The molecule has 29 heavy (non-hydrogen) atoms. The first-order chi connectivity index (χ1) is 13.9. The molecule has 1 fully saturated rings. The predicted molar refractivity (Wildman–Crippen MR) is 108 cm³/mol. The number of aliphatic hydroxyl groups is 1. The molecule has 0 radical (unpaired) electrons. The number of carbonyl (C=O) groups is 1. The molecular formula is C22H17N5O2. The normalized spacial score (nSPS) is 18.4. The second-order valence-electron chi connectivity index (χ2n) is 6.96. The van der Waals surface area contributed by atoms with Gasteiger partial charge in [0, 0.05) is 31.0 Å². The molecule has 0 bridgehead atoms. The molecule has 7 heteroatoms. The summed E-state index contributed by atoms with van der Waals surface area (Å²) in [6.45, 7) is 0.474. The van der Waals surface area contributed by atoms with Gasteiger partial charge in [-0.2, -0.15) is 5.26 Å². The van der Waals surface area contributed by atoms with Gasteiger partial charge < -0.3 is 15.7 Å². The third-order valence-electron chi connectivity index (χ3n) is 5.01. The van der Waals surface area contributed by atoms with E-state index < -0.39 is 5.60 Å². The maximum atomic E-state index is 12.1. The molecule has 1 aliphatic rings. The Morgan fingerprint density at radius 3 is 2.79 bits per heavy atom. The highest BCUT2D eigenvalue weighted by Gasteiger charge is 2.42. The molecule has 4 rings (SSSR count). The lowest BCUT2D eigenvalue weighted by molar-refractivity contribution is -0.137. The van der Waals surface area contributed by atoms with Crippen molar-refractivity contribution in [2.24, 2.45) is 0 Å². The molecule has 0 saturated carbocycles. The van der Waals surface area contributed by atoms with E-state index in [0.717, 1.165) is 11.1 Å². The average molecular weight is 383 g/mol. The van der Waals surface area contributed by atoms with Crippen LogP contribution >= 0.6 is 0 Å². The summed E-state index contributed by atoms with van der Waals surface area (Å²) >= 11 is 0. The molecule has 1 atom stereocenters. The third-order valence-corrected chi connectivity index (χ3v) is 5.01. The minimum atomic E-state index is -1.65. The van der Waals surface area contributed by atoms with Crippen molar-refractivity contribution in [3.8, 4) is 29.0 Å². The first kappa shape index (κ1) is 18.4. The van der Waals surface area contributed by atoms with Gasteiger partial charge in [-0.25, -0.2) is 9.97 Å². The lowest BCUT2D eigenvalue weighted by atomic mass is 9.98. The van der Waals surface area contributed by atoms with E-state index in [2.05, 4.69) is 27.9 Å². The zero-order chi connectivity index (χ0) is 20.6. The van der Waals surface area contributed by atoms with Gasteiger partial charge in [0.2, 0.25) is 5.60 Å². The van der Waals surface area contributed by atoms with E-state index in [1.807, 2.05) is 24.3 Å². The number of nitriles is 1. The van der Waals surface area contributed by atoms with E-state index in [1.165, 1.54) is 11.2 Å². The smallest absolute Gasteiger partial charge is 0.267 e. The van der Waals surface area contributed by atoms with Crippen LogP contribution in [-0.2, 0) is 4.79 Å². The third kappa shape index (κ3) is 3.25. The maximum absolute atomic E-state index is 12.1. The molecule has 3 N–H and O–H groups in total. The SMILES string of the molecule is CN1CC[C@@](O)(C#Cc2cccc(-c3cc(C#N)c4ncnc(N)c4c3)c2)C1=O. The lowest BCUT2D eigenvalue weighted by Gasteiger charge is -2.13. The van der Waals surface area contributed by atoms with E-state index in [0.29, 0.717) is 34.4 Å². The fourth-order valence-electron chi connectivity index (χ4n) is 3.36. The fraction of sp³-hybridized carbons (Fsp3) is 0.182. The molecule has 7 nitrogen and oxygen atoms in total. The van der Waals surface area contributed by atoms with Gasteiger partial charge in [0.1, 0.15) is 18.2 Å². The summed E-state index contributed by atoms with van der Waals surface area (Å²) in [5, 5.41) is 20.6. The molecule has 1 saturated heterocycles. The molecule has 1 aliphatic heterocycles. The van der Waals surface area contributed by atoms with Crippen LogP contribution in [0.4, 0.5) is 5.82 Å². The number of nitrogen functional groups attached to an aromatic ring is 1. The van der Waals surface area contributed by atoms with Crippen molar-refractivity contribution in [3.63, 3.8) is 0 Å². The van der Waals surface area contributed by atoms with E-state index in [1.54, 1.807) is 19.2 Å². The van der Waals surface area contributed by atoms with Crippen LogP contribution in [0.5, 0.6) is 0 Å². The summed E-state index contributed by atoms with van der Waals surface area (Å²) in [5.41, 5.74) is 7.47. The minimum absolute atomic E-state index is 0.282. The van der Waals surface area contributed by atoms with Crippen molar-refractivity contribution in [1.82, 2.24) is 14.9 Å². The highest BCUT2D eigenvalue weighted by Crippen LogP contribution is 2.29.